The summed E-state index contributed by atoms with van der Waals surface area (Å²) in [6, 6.07) is 11.0. The second-order valence-electron chi connectivity index (χ2n) is 5.82. The van der Waals surface area contributed by atoms with Crippen LogP contribution in [0, 0.1) is 0 Å². The Bertz CT molecular complexity index is 687. The van der Waals surface area contributed by atoms with E-state index in [9.17, 15) is 9.59 Å². The minimum Gasteiger partial charge on any atom is -0.448 e. The molecule has 0 fully saturated rings. The number of nitrogens with zero attached hydrogens (tertiary/aromatic N) is 1. The molecule has 2 aromatic rings. The highest BCUT2D eigenvalue weighted by Gasteiger charge is 2.20. The van der Waals surface area contributed by atoms with Gasteiger partial charge in [0.1, 0.15) is 5.69 Å². The van der Waals surface area contributed by atoms with E-state index in [2.05, 4.69) is 19.2 Å². The van der Waals surface area contributed by atoms with Crippen LogP contribution in [-0.4, -0.2) is 22.5 Å². The van der Waals surface area contributed by atoms with E-state index in [1.807, 2.05) is 24.3 Å². The standard InChI is InChI=1S/C18H22N2O3/c1-12(2)14-7-9-15(10-8-14)19-17(21)13(3)23-18(22)16-6-5-11-20(16)4/h5-13H,1-4H3,(H,19,21)/t13-/m1/s1. The summed E-state index contributed by atoms with van der Waals surface area (Å²) in [6.07, 6.45) is 0.875. The van der Waals surface area contributed by atoms with Gasteiger partial charge in [-0.2, -0.15) is 0 Å². The molecule has 0 aliphatic heterocycles. The van der Waals surface area contributed by atoms with E-state index in [1.165, 1.54) is 5.56 Å². The highest BCUT2D eigenvalue weighted by molar-refractivity contribution is 5.96. The number of carbonyl (C=O) groups excluding carboxylic acids is 2. The Balaban J connectivity index is 1.94. The number of carbonyl (C=O) groups is 2. The van der Waals surface area contributed by atoms with Gasteiger partial charge in [0.25, 0.3) is 5.91 Å². The van der Waals surface area contributed by atoms with Crippen molar-refractivity contribution in [3.05, 3.63) is 53.9 Å². The fraction of sp³-hybridized carbons (Fsp3) is 0.333. The molecular formula is C18H22N2O3. The highest BCUT2D eigenvalue weighted by Crippen LogP contribution is 2.17. The van der Waals surface area contributed by atoms with Crippen molar-refractivity contribution in [3.63, 3.8) is 0 Å². The highest BCUT2D eigenvalue weighted by atomic mass is 16.5. The summed E-state index contributed by atoms with van der Waals surface area (Å²) >= 11 is 0. The minimum absolute atomic E-state index is 0.357. The first kappa shape index (κ1) is 16.8. The van der Waals surface area contributed by atoms with Crippen LogP contribution in [0.4, 0.5) is 5.69 Å². The molecule has 1 amide bonds. The van der Waals surface area contributed by atoms with Crippen molar-refractivity contribution >= 4 is 17.6 Å². The molecule has 5 nitrogen and oxygen atoms in total. The number of ether oxygens (including phenoxy) is 1. The van der Waals surface area contributed by atoms with E-state index < -0.39 is 12.1 Å². The monoisotopic (exact) mass is 314 g/mol. The molecule has 0 aliphatic carbocycles. The number of rotatable bonds is 5. The van der Waals surface area contributed by atoms with Crippen LogP contribution < -0.4 is 5.32 Å². The number of benzene rings is 1. The van der Waals surface area contributed by atoms with Crippen molar-refractivity contribution in [2.45, 2.75) is 32.8 Å². The molecule has 122 valence electrons. The summed E-state index contributed by atoms with van der Waals surface area (Å²) in [7, 11) is 1.75. The number of aryl methyl sites for hydroxylation is 1. The lowest BCUT2D eigenvalue weighted by atomic mass is 10.0. The molecule has 0 spiro atoms. The van der Waals surface area contributed by atoms with Gasteiger partial charge in [-0.15, -0.1) is 0 Å². The van der Waals surface area contributed by atoms with Crippen LogP contribution in [0.25, 0.3) is 0 Å². The van der Waals surface area contributed by atoms with Crippen LogP contribution in [-0.2, 0) is 16.6 Å². The minimum atomic E-state index is -0.873. The number of hydrogen-bond donors (Lipinski definition) is 1. The summed E-state index contributed by atoms with van der Waals surface area (Å²) in [5, 5.41) is 2.75. The van der Waals surface area contributed by atoms with E-state index in [0.29, 0.717) is 17.3 Å². The number of nitrogens with one attached hydrogen (secondary N) is 1. The fourth-order valence-corrected chi connectivity index (χ4v) is 2.14. The lowest BCUT2D eigenvalue weighted by Crippen LogP contribution is -2.30. The van der Waals surface area contributed by atoms with E-state index in [0.717, 1.165) is 0 Å². The maximum absolute atomic E-state index is 12.1. The summed E-state index contributed by atoms with van der Waals surface area (Å²) in [4.78, 5) is 24.1. The molecular weight excluding hydrogens is 292 g/mol. The Hall–Kier alpha value is -2.56. The van der Waals surface area contributed by atoms with E-state index in [4.69, 9.17) is 4.74 Å². The lowest BCUT2D eigenvalue weighted by molar-refractivity contribution is -0.123. The third-order valence-corrected chi connectivity index (χ3v) is 3.65. The van der Waals surface area contributed by atoms with Crippen molar-refractivity contribution in [3.8, 4) is 0 Å². The zero-order chi connectivity index (χ0) is 17.0. The van der Waals surface area contributed by atoms with Crippen molar-refractivity contribution < 1.29 is 14.3 Å². The Labute approximate surface area is 136 Å². The molecule has 2 rings (SSSR count). The summed E-state index contributed by atoms with van der Waals surface area (Å²) in [6.45, 7) is 5.77. The van der Waals surface area contributed by atoms with E-state index in [1.54, 1.807) is 36.9 Å². The van der Waals surface area contributed by atoms with Crippen molar-refractivity contribution in [1.82, 2.24) is 4.57 Å². The van der Waals surface area contributed by atoms with Crippen LogP contribution >= 0.6 is 0 Å². The summed E-state index contributed by atoms with van der Waals surface area (Å²) in [5.41, 5.74) is 2.29. The van der Waals surface area contributed by atoms with Crippen LogP contribution in [0.5, 0.6) is 0 Å². The SMILES string of the molecule is CC(C)c1ccc(NC(=O)[C@@H](C)OC(=O)c2cccn2C)cc1. The number of aromatic nitrogens is 1. The van der Waals surface area contributed by atoms with Crippen LogP contribution in [0.3, 0.4) is 0 Å². The molecule has 23 heavy (non-hydrogen) atoms. The van der Waals surface area contributed by atoms with Crippen LogP contribution in [0.1, 0.15) is 42.7 Å². The van der Waals surface area contributed by atoms with Gasteiger partial charge < -0.3 is 14.6 Å². The van der Waals surface area contributed by atoms with Crippen LogP contribution in [0.15, 0.2) is 42.6 Å². The Morgan fingerprint density at radius 2 is 1.74 bits per heavy atom. The van der Waals surface area contributed by atoms with Crippen LogP contribution in [0.2, 0.25) is 0 Å². The summed E-state index contributed by atoms with van der Waals surface area (Å²) < 4.78 is 6.85. The quantitative estimate of drug-likeness (QED) is 0.861. The first-order chi connectivity index (χ1) is 10.9. The van der Waals surface area contributed by atoms with Crippen molar-refractivity contribution in [2.75, 3.05) is 5.32 Å². The smallest absolute Gasteiger partial charge is 0.355 e. The first-order valence-electron chi connectivity index (χ1n) is 7.61. The predicted molar refractivity (Wildman–Crippen MR) is 89.5 cm³/mol. The second-order valence-corrected chi connectivity index (χ2v) is 5.82. The average Bonchev–Trinajstić information content (AvgIpc) is 2.93. The van der Waals surface area contributed by atoms with Crippen molar-refractivity contribution in [1.29, 1.82) is 0 Å². The van der Waals surface area contributed by atoms with Gasteiger partial charge in [0.15, 0.2) is 6.10 Å². The van der Waals surface area contributed by atoms with Gasteiger partial charge >= 0.3 is 5.97 Å². The zero-order valence-corrected chi connectivity index (χ0v) is 13.9. The molecule has 1 atom stereocenters. The van der Waals surface area contributed by atoms with Gasteiger partial charge in [-0.05, 0) is 42.7 Å². The maximum atomic E-state index is 12.1. The second kappa shape index (κ2) is 7.13. The van der Waals surface area contributed by atoms with Gasteiger partial charge in [0, 0.05) is 18.9 Å². The molecule has 0 saturated carbocycles. The van der Waals surface area contributed by atoms with Gasteiger partial charge in [0.2, 0.25) is 0 Å². The largest absolute Gasteiger partial charge is 0.448 e. The average molecular weight is 314 g/mol. The molecule has 0 unspecified atom stereocenters. The number of hydrogen-bond acceptors (Lipinski definition) is 3. The molecule has 0 aliphatic rings. The van der Waals surface area contributed by atoms with Gasteiger partial charge in [0.05, 0.1) is 0 Å². The predicted octanol–water partition coefficient (Wildman–Crippen LogP) is 3.33. The molecule has 0 radical (unpaired) electrons. The van der Waals surface area contributed by atoms with Gasteiger partial charge in [-0.1, -0.05) is 26.0 Å². The third-order valence-electron chi connectivity index (χ3n) is 3.65. The van der Waals surface area contributed by atoms with Gasteiger partial charge in [-0.25, -0.2) is 4.79 Å². The summed E-state index contributed by atoms with van der Waals surface area (Å²) in [5.74, 6) is -0.440. The molecule has 5 heteroatoms. The Morgan fingerprint density at radius 1 is 1.09 bits per heavy atom. The lowest BCUT2D eigenvalue weighted by Gasteiger charge is -2.14. The molecule has 0 saturated heterocycles. The number of esters is 1. The Kier molecular flexibility index (Phi) is 5.21. The van der Waals surface area contributed by atoms with E-state index >= 15 is 0 Å². The molecule has 1 aromatic heterocycles. The number of anilines is 1. The third kappa shape index (κ3) is 4.22. The van der Waals surface area contributed by atoms with E-state index in [-0.39, 0.29) is 5.91 Å². The topological polar surface area (TPSA) is 60.3 Å². The van der Waals surface area contributed by atoms with Gasteiger partial charge in [-0.3, -0.25) is 4.79 Å². The normalized spacial score (nSPS) is 12.0. The Morgan fingerprint density at radius 3 is 2.26 bits per heavy atom. The molecule has 1 heterocycles. The molecule has 0 bridgehead atoms. The fourth-order valence-electron chi connectivity index (χ4n) is 2.14. The maximum Gasteiger partial charge on any atom is 0.355 e. The zero-order valence-electron chi connectivity index (χ0n) is 13.9. The molecule has 1 N–H and O–H groups in total. The number of amides is 1. The molecule has 1 aromatic carbocycles. The first-order valence-corrected chi connectivity index (χ1v) is 7.61. The van der Waals surface area contributed by atoms with Crippen molar-refractivity contribution in [2.24, 2.45) is 7.05 Å².